The monoisotopic (exact) mass is 332 g/mol. The lowest BCUT2D eigenvalue weighted by atomic mass is 10.2. The van der Waals surface area contributed by atoms with Crippen LogP contribution in [0.1, 0.15) is 10.4 Å². The van der Waals surface area contributed by atoms with E-state index in [1.54, 1.807) is 25.2 Å². The fourth-order valence-corrected chi connectivity index (χ4v) is 2.21. The first-order chi connectivity index (χ1) is 11.6. The Kier molecular flexibility index (Phi) is 4.23. The summed E-state index contributed by atoms with van der Waals surface area (Å²) in [6.45, 7) is -0.0267. The van der Waals surface area contributed by atoms with E-state index in [0.29, 0.717) is 17.2 Å². The summed E-state index contributed by atoms with van der Waals surface area (Å²) in [7, 11) is 3.09. The first-order valence-electron chi connectivity index (χ1n) is 7.12. The van der Waals surface area contributed by atoms with Gasteiger partial charge < -0.3 is 24.8 Å². The van der Waals surface area contributed by atoms with Crippen molar-refractivity contribution >= 4 is 17.5 Å². The summed E-state index contributed by atoms with van der Waals surface area (Å²) in [5.74, 6) is 0.582. The first kappa shape index (κ1) is 15.7. The van der Waals surface area contributed by atoms with Gasteiger partial charge in [-0.2, -0.15) is 0 Å². The van der Waals surface area contributed by atoms with Gasteiger partial charge in [0.05, 0.1) is 13.7 Å². The Labute approximate surface area is 137 Å². The highest BCUT2D eigenvalue weighted by Gasteiger charge is 2.18. The van der Waals surface area contributed by atoms with Gasteiger partial charge >= 0.3 is 0 Å². The van der Waals surface area contributed by atoms with Crippen molar-refractivity contribution in [3.05, 3.63) is 30.0 Å². The third-order valence-electron chi connectivity index (χ3n) is 3.30. The molecule has 0 aliphatic carbocycles. The minimum Gasteiger partial charge on any atom is -0.479 e. The summed E-state index contributed by atoms with van der Waals surface area (Å²) in [6.07, 6.45) is 1.52. The summed E-state index contributed by atoms with van der Waals surface area (Å²) < 4.78 is 16.9. The zero-order valence-corrected chi connectivity index (χ0v) is 13.2. The molecule has 1 aliphatic rings. The number of amides is 2. The first-order valence-corrected chi connectivity index (χ1v) is 7.12. The number of hydrogen-bond acceptors (Lipinski definition) is 6. The minimum absolute atomic E-state index is 0.162. The Morgan fingerprint density at radius 1 is 1.33 bits per heavy atom. The standard InChI is InChI=1S/C15H16N4O5/c1-19-7-10(15(18-19)22-2)14(21)16-6-13(20)17-9-3-4-11-12(5-9)24-8-23-11/h3-5,7H,6,8H2,1-2H3,(H,16,21)(H,17,20). The molecule has 9 heteroatoms. The van der Waals surface area contributed by atoms with E-state index < -0.39 is 5.91 Å². The van der Waals surface area contributed by atoms with Gasteiger partial charge in [0.2, 0.25) is 18.6 Å². The van der Waals surface area contributed by atoms with E-state index in [1.807, 2.05) is 0 Å². The number of fused-ring (bicyclic) bond motifs is 1. The normalized spacial score (nSPS) is 11.9. The third-order valence-corrected chi connectivity index (χ3v) is 3.30. The molecule has 2 amide bonds. The number of carbonyl (C=O) groups excluding carboxylic acids is 2. The van der Waals surface area contributed by atoms with Crippen LogP contribution in [0.15, 0.2) is 24.4 Å². The molecule has 2 N–H and O–H groups in total. The van der Waals surface area contributed by atoms with Crippen molar-refractivity contribution in [1.29, 1.82) is 0 Å². The molecule has 0 bridgehead atoms. The molecule has 0 unspecified atom stereocenters. The van der Waals surface area contributed by atoms with Crippen LogP contribution < -0.4 is 24.8 Å². The highest BCUT2D eigenvalue weighted by Crippen LogP contribution is 2.34. The molecule has 0 atom stereocenters. The molecule has 126 valence electrons. The lowest BCUT2D eigenvalue weighted by Crippen LogP contribution is -2.32. The van der Waals surface area contributed by atoms with Gasteiger partial charge in [0.15, 0.2) is 11.5 Å². The van der Waals surface area contributed by atoms with Gasteiger partial charge in [-0.05, 0) is 12.1 Å². The van der Waals surface area contributed by atoms with E-state index in [4.69, 9.17) is 14.2 Å². The molecule has 2 aromatic rings. The summed E-state index contributed by atoms with van der Waals surface area (Å²) >= 11 is 0. The predicted octanol–water partition coefficient (Wildman–Crippen LogP) is 0.526. The molecule has 1 aromatic heterocycles. The topological polar surface area (TPSA) is 104 Å². The Bertz CT molecular complexity index is 786. The molecule has 0 radical (unpaired) electrons. The average molecular weight is 332 g/mol. The second-order valence-corrected chi connectivity index (χ2v) is 5.02. The van der Waals surface area contributed by atoms with Gasteiger partial charge in [0.25, 0.3) is 5.91 Å². The second-order valence-electron chi connectivity index (χ2n) is 5.02. The summed E-state index contributed by atoms with van der Waals surface area (Å²) in [5.41, 5.74) is 0.813. The number of aromatic nitrogens is 2. The maximum Gasteiger partial charge on any atom is 0.258 e. The maximum absolute atomic E-state index is 12.1. The van der Waals surface area contributed by atoms with Gasteiger partial charge in [-0.3, -0.25) is 14.3 Å². The number of nitrogens with zero attached hydrogens (tertiary/aromatic N) is 2. The van der Waals surface area contributed by atoms with Crippen LogP contribution in [0.5, 0.6) is 17.4 Å². The number of carbonyl (C=O) groups is 2. The van der Waals surface area contributed by atoms with Crippen LogP contribution in [0.2, 0.25) is 0 Å². The van der Waals surface area contributed by atoms with Gasteiger partial charge in [-0.15, -0.1) is 5.10 Å². The highest BCUT2D eigenvalue weighted by molar-refractivity contribution is 6.00. The zero-order chi connectivity index (χ0) is 17.1. The second kappa shape index (κ2) is 6.49. The molecule has 1 aromatic carbocycles. The molecule has 1 aliphatic heterocycles. The lowest BCUT2D eigenvalue weighted by molar-refractivity contribution is -0.115. The smallest absolute Gasteiger partial charge is 0.258 e. The number of rotatable bonds is 5. The number of hydrogen-bond donors (Lipinski definition) is 2. The largest absolute Gasteiger partial charge is 0.479 e. The molecule has 0 saturated carbocycles. The molecular formula is C15H16N4O5. The van der Waals surface area contributed by atoms with E-state index >= 15 is 0 Å². The van der Waals surface area contributed by atoms with Crippen molar-refractivity contribution in [3.8, 4) is 17.4 Å². The van der Waals surface area contributed by atoms with Crippen molar-refractivity contribution in [2.45, 2.75) is 0 Å². The van der Waals surface area contributed by atoms with Gasteiger partial charge in [0, 0.05) is 25.0 Å². The zero-order valence-electron chi connectivity index (χ0n) is 13.2. The third kappa shape index (κ3) is 3.24. The molecule has 0 spiro atoms. The van der Waals surface area contributed by atoms with E-state index in [9.17, 15) is 9.59 Å². The average Bonchev–Trinajstić information content (AvgIpc) is 3.18. The van der Waals surface area contributed by atoms with E-state index in [2.05, 4.69) is 15.7 Å². The van der Waals surface area contributed by atoms with Crippen LogP contribution >= 0.6 is 0 Å². The molecule has 9 nitrogen and oxygen atoms in total. The fourth-order valence-electron chi connectivity index (χ4n) is 2.21. The Hall–Kier alpha value is -3.23. The number of nitrogens with one attached hydrogen (secondary N) is 2. The van der Waals surface area contributed by atoms with Crippen LogP contribution in [0.4, 0.5) is 5.69 Å². The highest BCUT2D eigenvalue weighted by atomic mass is 16.7. The number of ether oxygens (including phenoxy) is 3. The van der Waals surface area contributed by atoms with Crippen molar-refractivity contribution in [3.63, 3.8) is 0 Å². The number of methoxy groups -OCH3 is 1. The molecule has 3 rings (SSSR count). The van der Waals surface area contributed by atoms with Crippen LogP contribution in [0.25, 0.3) is 0 Å². The van der Waals surface area contributed by atoms with Crippen molar-refractivity contribution in [2.75, 3.05) is 25.8 Å². The Morgan fingerprint density at radius 3 is 2.92 bits per heavy atom. The van der Waals surface area contributed by atoms with Gasteiger partial charge in [-0.25, -0.2) is 0 Å². The van der Waals surface area contributed by atoms with Gasteiger partial charge in [-0.1, -0.05) is 0 Å². The fraction of sp³-hybridized carbons (Fsp3) is 0.267. The van der Waals surface area contributed by atoms with Gasteiger partial charge in [0.1, 0.15) is 5.56 Å². The Morgan fingerprint density at radius 2 is 2.12 bits per heavy atom. The van der Waals surface area contributed by atoms with Crippen LogP contribution in [-0.4, -0.2) is 42.0 Å². The molecule has 2 heterocycles. The molecule has 24 heavy (non-hydrogen) atoms. The molecular weight excluding hydrogens is 316 g/mol. The van der Waals surface area contributed by atoms with Crippen LogP contribution in [-0.2, 0) is 11.8 Å². The molecule has 0 saturated heterocycles. The summed E-state index contributed by atoms with van der Waals surface area (Å²) in [5, 5.41) is 9.18. The van der Waals surface area contributed by atoms with E-state index in [0.717, 1.165) is 0 Å². The van der Waals surface area contributed by atoms with Crippen LogP contribution in [0.3, 0.4) is 0 Å². The van der Waals surface area contributed by atoms with E-state index in [-0.39, 0.29) is 30.7 Å². The summed E-state index contributed by atoms with van der Waals surface area (Å²) in [4.78, 5) is 24.0. The SMILES string of the molecule is COc1nn(C)cc1C(=O)NCC(=O)Nc1ccc2c(c1)OCO2. The molecule has 0 fully saturated rings. The van der Waals surface area contributed by atoms with Crippen LogP contribution in [0, 0.1) is 0 Å². The quantitative estimate of drug-likeness (QED) is 0.827. The maximum atomic E-state index is 12.1. The minimum atomic E-state index is -0.444. The predicted molar refractivity (Wildman–Crippen MR) is 83.3 cm³/mol. The number of aryl methyl sites for hydroxylation is 1. The Balaban J connectivity index is 1.56. The number of anilines is 1. The van der Waals surface area contributed by atoms with Crippen molar-refractivity contribution < 1.29 is 23.8 Å². The van der Waals surface area contributed by atoms with E-state index in [1.165, 1.54) is 18.0 Å². The lowest BCUT2D eigenvalue weighted by Gasteiger charge is -2.07. The van der Waals surface area contributed by atoms with Crippen molar-refractivity contribution in [1.82, 2.24) is 15.1 Å². The van der Waals surface area contributed by atoms with Crippen molar-refractivity contribution in [2.24, 2.45) is 7.05 Å². The number of benzene rings is 1. The summed E-state index contributed by atoms with van der Waals surface area (Å²) in [6, 6.07) is 5.06.